The van der Waals surface area contributed by atoms with Crippen molar-refractivity contribution >= 4 is 11.6 Å². The van der Waals surface area contributed by atoms with Crippen molar-refractivity contribution in [1.29, 1.82) is 0 Å². The maximum absolute atomic E-state index is 12.9. The molecular formula is C19H26N2O3. The first kappa shape index (κ1) is 15.9. The minimum absolute atomic E-state index is 0.0840. The van der Waals surface area contributed by atoms with Crippen molar-refractivity contribution in [1.82, 2.24) is 5.32 Å². The van der Waals surface area contributed by atoms with E-state index in [1.807, 2.05) is 29.2 Å². The minimum atomic E-state index is -0.0840. The van der Waals surface area contributed by atoms with Gasteiger partial charge in [-0.05, 0) is 44.2 Å². The molecule has 130 valence electrons. The van der Waals surface area contributed by atoms with Crippen LogP contribution in [0.1, 0.15) is 32.1 Å². The number of carbonyl (C=O) groups is 1. The Kier molecular flexibility index (Phi) is 4.46. The lowest BCUT2D eigenvalue weighted by molar-refractivity contribution is -0.119. The van der Waals surface area contributed by atoms with Gasteiger partial charge in [0.15, 0.2) is 0 Å². The number of nitrogens with zero attached hydrogens (tertiary/aromatic N) is 1. The summed E-state index contributed by atoms with van der Waals surface area (Å²) in [5.74, 6) is 1.50. The summed E-state index contributed by atoms with van der Waals surface area (Å²) in [6.07, 6.45) is 5.90. The monoisotopic (exact) mass is 330 g/mol. The molecule has 0 aromatic heterocycles. The highest BCUT2D eigenvalue weighted by molar-refractivity contribution is 6.00. The van der Waals surface area contributed by atoms with Crippen molar-refractivity contribution in [2.24, 2.45) is 5.92 Å². The van der Waals surface area contributed by atoms with E-state index in [1.54, 1.807) is 7.11 Å². The Morgan fingerprint density at radius 3 is 2.96 bits per heavy atom. The van der Waals surface area contributed by atoms with E-state index in [-0.39, 0.29) is 11.9 Å². The van der Waals surface area contributed by atoms with Crippen LogP contribution in [0.4, 0.5) is 5.69 Å². The van der Waals surface area contributed by atoms with Crippen LogP contribution in [0.2, 0.25) is 0 Å². The van der Waals surface area contributed by atoms with E-state index in [4.69, 9.17) is 9.47 Å². The van der Waals surface area contributed by atoms with E-state index in [0.29, 0.717) is 18.1 Å². The van der Waals surface area contributed by atoms with Crippen LogP contribution < -0.4 is 15.0 Å². The summed E-state index contributed by atoms with van der Waals surface area (Å²) in [6, 6.07) is 8.08. The highest BCUT2D eigenvalue weighted by Gasteiger charge is 2.41. The molecule has 1 saturated carbocycles. The van der Waals surface area contributed by atoms with Gasteiger partial charge in [-0.25, -0.2) is 0 Å². The van der Waals surface area contributed by atoms with Crippen molar-refractivity contribution < 1.29 is 14.3 Å². The fraction of sp³-hybridized carbons (Fsp3) is 0.632. The average Bonchev–Trinajstić information content (AvgIpc) is 3.23. The Morgan fingerprint density at radius 2 is 2.08 bits per heavy atom. The van der Waals surface area contributed by atoms with Gasteiger partial charge in [-0.15, -0.1) is 0 Å². The third-order valence-electron chi connectivity index (χ3n) is 5.78. The summed E-state index contributed by atoms with van der Waals surface area (Å²) >= 11 is 0. The Morgan fingerprint density at radius 1 is 1.21 bits per heavy atom. The number of methoxy groups -OCH3 is 1. The van der Waals surface area contributed by atoms with E-state index in [2.05, 4.69) is 5.32 Å². The predicted molar refractivity (Wildman–Crippen MR) is 92.4 cm³/mol. The van der Waals surface area contributed by atoms with E-state index >= 15 is 0 Å². The number of ether oxygens (including phenoxy) is 2. The quantitative estimate of drug-likeness (QED) is 0.921. The van der Waals surface area contributed by atoms with Crippen LogP contribution in [0.15, 0.2) is 24.3 Å². The standard InChI is InChI=1S/C19H26N2O3/c1-23-18-7-3-2-6-16(18)21-11-9-15(19(21)22)20-14-5-4-8-17-13(14)10-12-24-17/h2-3,6-7,13-15,17,20H,4-5,8-12H2,1H3/t13-,14+,15-,17+/m0/s1. The number of para-hydroxylation sites is 2. The third kappa shape index (κ3) is 2.80. The molecule has 0 radical (unpaired) electrons. The smallest absolute Gasteiger partial charge is 0.244 e. The van der Waals surface area contributed by atoms with Gasteiger partial charge in [0, 0.05) is 25.1 Å². The average molecular weight is 330 g/mol. The molecule has 4 rings (SSSR count). The fourth-order valence-corrected chi connectivity index (χ4v) is 4.57. The number of carbonyl (C=O) groups excluding carboxylic acids is 1. The highest BCUT2D eigenvalue weighted by atomic mass is 16.5. The summed E-state index contributed by atoms with van der Waals surface area (Å²) in [7, 11) is 1.65. The van der Waals surface area contributed by atoms with Gasteiger partial charge in [0.1, 0.15) is 5.75 Å². The van der Waals surface area contributed by atoms with E-state index in [0.717, 1.165) is 43.9 Å². The molecule has 1 aromatic rings. The van der Waals surface area contributed by atoms with Crippen LogP contribution in [-0.2, 0) is 9.53 Å². The Labute approximate surface area is 143 Å². The molecule has 2 aliphatic heterocycles. The molecule has 24 heavy (non-hydrogen) atoms. The van der Waals surface area contributed by atoms with Crippen molar-refractivity contribution in [3.05, 3.63) is 24.3 Å². The van der Waals surface area contributed by atoms with Gasteiger partial charge in [-0.1, -0.05) is 12.1 Å². The van der Waals surface area contributed by atoms with Gasteiger partial charge in [0.2, 0.25) is 5.91 Å². The number of anilines is 1. The molecule has 2 saturated heterocycles. The first-order valence-electron chi connectivity index (χ1n) is 9.10. The van der Waals surface area contributed by atoms with Crippen LogP contribution in [0.3, 0.4) is 0 Å². The van der Waals surface area contributed by atoms with Crippen molar-refractivity contribution in [2.75, 3.05) is 25.2 Å². The van der Waals surface area contributed by atoms with Crippen molar-refractivity contribution in [2.45, 2.75) is 50.3 Å². The zero-order chi connectivity index (χ0) is 16.5. The molecule has 1 amide bonds. The van der Waals surface area contributed by atoms with E-state index in [9.17, 15) is 4.79 Å². The zero-order valence-electron chi connectivity index (χ0n) is 14.2. The largest absolute Gasteiger partial charge is 0.495 e. The van der Waals surface area contributed by atoms with Crippen molar-refractivity contribution in [3.8, 4) is 5.75 Å². The summed E-state index contributed by atoms with van der Waals surface area (Å²) < 4.78 is 11.3. The molecule has 0 bridgehead atoms. The van der Waals surface area contributed by atoms with Crippen LogP contribution in [-0.4, -0.2) is 44.4 Å². The number of hydrogen-bond acceptors (Lipinski definition) is 4. The molecule has 1 aromatic carbocycles. The molecule has 1 aliphatic carbocycles. The maximum atomic E-state index is 12.9. The number of hydrogen-bond donors (Lipinski definition) is 1. The highest BCUT2D eigenvalue weighted by Crippen LogP contribution is 2.36. The Balaban J connectivity index is 1.45. The lowest BCUT2D eigenvalue weighted by Gasteiger charge is -2.34. The van der Waals surface area contributed by atoms with Crippen LogP contribution in [0.5, 0.6) is 5.75 Å². The minimum Gasteiger partial charge on any atom is -0.495 e. The normalized spacial score (nSPS) is 32.9. The third-order valence-corrected chi connectivity index (χ3v) is 5.78. The summed E-state index contributed by atoms with van der Waals surface area (Å²) in [5, 5.41) is 3.66. The number of amides is 1. The number of fused-ring (bicyclic) bond motifs is 1. The van der Waals surface area contributed by atoms with Crippen LogP contribution in [0.25, 0.3) is 0 Å². The predicted octanol–water partition coefficient (Wildman–Crippen LogP) is 2.35. The lowest BCUT2D eigenvalue weighted by Crippen LogP contribution is -2.50. The van der Waals surface area contributed by atoms with E-state index < -0.39 is 0 Å². The lowest BCUT2D eigenvalue weighted by atomic mass is 9.81. The maximum Gasteiger partial charge on any atom is 0.244 e. The SMILES string of the molecule is COc1ccccc1N1CC[C@H](N[C@@H]2CCC[C@H]3OCC[C@@H]23)C1=O. The first-order valence-corrected chi connectivity index (χ1v) is 9.10. The molecule has 5 nitrogen and oxygen atoms in total. The van der Waals surface area contributed by atoms with Crippen molar-refractivity contribution in [3.63, 3.8) is 0 Å². The second kappa shape index (κ2) is 6.73. The molecule has 2 heterocycles. The molecule has 0 spiro atoms. The Hall–Kier alpha value is -1.59. The molecule has 3 fully saturated rings. The second-order valence-corrected chi connectivity index (χ2v) is 7.07. The zero-order valence-corrected chi connectivity index (χ0v) is 14.2. The van der Waals surface area contributed by atoms with Gasteiger partial charge in [0.05, 0.1) is 24.9 Å². The molecule has 4 atom stereocenters. The second-order valence-electron chi connectivity index (χ2n) is 7.07. The molecule has 0 unspecified atom stereocenters. The van der Waals surface area contributed by atoms with Gasteiger partial charge >= 0.3 is 0 Å². The molecular weight excluding hydrogens is 304 g/mol. The van der Waals surface area contributed by atoms with Gasteiger partial charge < -0.3 is 19.7 Å². The first-order chi connectivity index (χ1) is 11.8. The van der Waals surface area contributed by atoms with E-state index in [1.165, 1.54) is 12.8 Å². The topological polar surface area (TPSA) is 50.8 Å². The molecule has 5 heteroatoms. The van der Waals surface area contributed by atoms with Gasteiger partial charge in [-0.2, -0.15) is 0 Å². The molecule has 1 N–H and O–H groups in total. The fourth-order valence-electron chi connectivity index (χ4n) is 4.57. The van der Waals surface area contributed by atoms with Gasteiger partial charge in [0.25, 0.3) is 0 Å². The summed E-state index contributed by atoms with van der Waals surface area (Å²) in [5.41, 5.74) is 0.875. The van der Waals surface area contributed by atoms with Crippen LogP contribution >= 0.6 is 0 Å². The number of rotatable bonds is 4. The number of nitrogens with one attached hydrogen (secondary N) is 1. The summed E-state index contributed by atoms with van der Waals surface area (Å²) in [4.78, 5) is 14.8. The van der Waals surface area contributed by atoms with Gasteiger partial charge in [-0.3, -0.25) is 4.79 Å². The Bertz CT molecular complexity index is 606. The summed E-state index contributed by atoms with van der Waals surface area (Å²) in [6.45, 7) is 1.62. The molecule has 3 aliphatic rings. The van der Waals surface area contributed by atoms with Crippen LogP contribution in [0, 0.1) is 5.92 Å². The number of benzene rings is 1.